The standard InChI is InChI=1S/C24H28BrN3OS/c25-15-10-11-19-17(12-15)18-13-20-23(29)27(16-8-4-5-9-16)24(30)28(20)22(21(18)26-19)14-6-2-1-3-7-14/h10-12,14,16,20,22,26H,1-9,13H2. The molecule has 1 N–H and O–H groups in total. The van der Waals surface area contributed by atoms with Crippen molar-refractivity contribution in [3.63, 3.8) is 0 Å². The number of thiocarbonyl (C=S) groups is 1. The number of hydrogen-bond donors (Lipinski definition) is 1. The van der Waals surface area contributed by atoms with Gasteiger partial charge in [-0.3, -0.25) is 9.69 Å². The summed E-state index contributed by atoms with van der Waals surface area (Å²) < 4.78 is 1.09. The number of halogens is 1. The lowest BCUT2D eigenvalue weighted by Crippen LogP contribution is -2.46. The summed E-state index contributed by atoms with van der Waals surface area (Å²) in [5, 5.41) is 2.07. The molecule has 4 nitrogen and oxygen atoms in total. The lowest BCUT2D eigenvalue weighted by molar-refractivity contribution is -0.130. The zero-order chi connectivity index (χ0) is 20.4. The van der Waals surface area contributed by atoms with E-state index in [0.717, 1.165) is 28.8 Å². The van der Waals surface area contributed by atoms with E-state index < -0.39 is 0 Å². The second-order valence-corrected chi connectivity index (χ2v) is 10.9. The van der Waals surface area contributed by atoms with Crippen molar-refractivity contribution in [2.24, 2.45) is 5.92 Å². The van der Waals surface area contributed by atoms with Crippen molar-refractivity contribution in [2.45, 2.75) is 82.3 Å². The van der Waals surface area contributed by atoms with Gasteiger partial charge in [-0.25, -0.2) is 0 Å². The Morgan fingerprint density at radius 2 is 1.77 bits per heavy atom. The van der Waals surface area contributed by atoms with Crippen molar-refractivity contribution in [3.8, 4) is 0 Å². The summed E-state index contributed by atoms with van der Waals surface area (Å²) in [6, 6.07) is 6.85. The predicted molar refractivity (Wildman–Crippen MR) is 126 cm³/mol. The van der Waals surface area contributed by atoms with Gasteiger partial charge in [0.1, 0.15) is 6.04 Å². The van der Waals surface area contributed by atoms with Crippen molar-refractivity contribution in [2.75, 3.05) is 0 Å². The van der Waals surface area contributed by atoms with Crippen LogP contribution in [0, 0.1) is 5.92 Å². The number of benzene rings is 1. The SMILES string of the molecule is O=C1C2Cc3c([nH]c4ccc(Br)cc34)C(C3CCCCC3)N2C(=S)N1C1CCCC1. The zero-order valence-corrected chi connectivity index (χ0v) is 19.6. The molecule has 2 atom stereocenters. The van der Waals surface area contributed by atoms with Gasteiger partial charge in [0, 0.05) is 33.5 Å². The van der Waals surface area contributed by atoms with Gasteiger partial charge in [0.15, 0.2) is 5.11 Å². The first-order valence-corrected chi connectivity index (χ1v) is 12.8. The predicted octanol–water partition coefficient (Wildman–Crippen LogP) is 5.85. The molecule has 2 aliphatic carbocycles. The molecule has 3 heterocycles. The van der Waals surface area contributed by atoms with Gasteiger partial charge in [0.25, 0.3) is 5.91 Å². The molecule has 1 saturated heterocycles. The van der Waals surface area contributed by atoms with E-state index in [-0.39, 0.29) is 18.0 Å². The van der Waals surface area contributed by atoms with Gasteiger partial charge in [-0.05, 0) is 67.6 Å². The third-order valence-corrected chi connectivity index (χ3v) is 8.87. The van der Waals surface area contributed by atoms with Crippen LogP contribution < -0.4 is 0 Å². The van der Waals surface area contributed by atoms with E-state index in [1.165, 1.54) is 67.1 Å². The topological polar surface area (TPSA) is 39.3 Å². The molecule has 2 aliphatic heterocycles. The lowest BCUT2D eigenvalue weighted by Gasteiger charge is -2.42. The van der Waals surface area contributed by atoms with E-state index in [2.05, 4.69) is 44.0 Å². The first-order chi connectivity index (χ1) is 14.6. The van der Waals surface area contributed by atoms with Crippen LogP contribution in [0.2, 0.25) is 0 Å². The molecule has 1 aromatic heterocycles. The van der Waals surface area contributed by atoms with Crippen molar-refractivity contribution in [3.05, 3.63) is 33.9 Å². The smallest absolute Gasteiger partial charge is 0.252 e. The van der Waals surface area contributed by atoms with Crippen molar-refractivity contribution in [1.29, 1.82) is 0 Å². The second kappa shape index (κ2) is 7.33. The highest BCUT2D eigenvalue weighted by Gasteiger charge is 2.53. The molecular formula is C24H28BrN3OS. The molecule has 4 aliphatic rings. The van der Waals surface area contributed by atoms with Gasteiger partial charge in [0.2, 0.25) is 0 Å². The average molecular weight is 486 g/mol. The minimum absolute atomic E-state index is 0.129. The van der Waals surface area contributed by atoms with Gasteiger partial charge in [-0.15, -0.1) is 0 Å². The number of aromatic amines is 1. The normalized spacial score (nSPS) is 27.9. The Kier molecular flexibility index (Phi) is 4.72. The number of rotatable bonds is 2. The Hall–Kier alpha value is -1.40. The molecule has 0 spiro atoms. The number of carbonyl (C=O) groups is 1. The van der Waals surface area contributed by atoms with Crippen molar-refractivity contribution < 1.29 is 4.79 Å². The highest BCUT2D eigenvalue weighted by Crippen LogP contribution is 2.48. The van der Waals surface area contributed by atoms with Gasteiger partial charge >= 0.3 is 0 Å². The Bertz CT molecular complexity index is 1020. The van der Waals surface area contributed by atoms with Crippen molar-refractivity contribution >= 4 is 50.1 Å². The van der Waals surface area contributed by atoms with Crippen LogP contribution in [0.5, 0.6) is 0 Å². The highest BCUT2D eigenvalue weighted by atomic mass is 79.9. The molecule has 2 aromatic rings. The summed E-state index contributed by atoms with van der Waals surface area (Å²) in [5.41, 5.74) is 3.83. The maximum Gasteiger partial charge on any atom is 0.252 e. The Morgan fingerprint density at radius 3 is 2.53 bits per heavy atom. The number of nitrogens with zero attached hydrogens (tertiary/aromatic N) is 2. The van der Waals surface area contributed by atoms with E-state index >= 15 is 0 Å². The fourth-order valence-electron chi connectivity index (χ4n) is 6.59. The maximum absolute atomic E-state index is 13.7. The quantitative estimate of drug-likeness (QED) is 0.542. The molecule has 1 aromatic carbocycles. The van der Waals surface area contributed by atoms with E-state index in [9.17, 15) is 4.79 Å². The van der Waals surface area contributed by atoms with Gasteiger partial charge in [-0.1, -0.05) is 48.0 Å². The van der Waals surface area contributed by atoms with Crippen LogP contribution in [0.15, 0.2) is 22.7 Å². The van der Waals surface area contributed by atoms with E-state index in [0.29, 0.717) is 12.0 Å². The van der Waals surface area contributed by atoms with Crippen LogP contribution in [0.4, 0.5) is 0 Å². The highest BCUT2D eigenvalue weighted by molar-refractivity contribution is 9.10. The minimum atomic E-state index is -0.129. The minimum Gasteiger partial charge on any atom is -0.356 e. The number of fused-ring (bicyclic) bond motifs is 4. The van der Waals surface area contributed by atoms with E-state index in [1.54, 1.807) is 0 Å². The Labute approximate surface area is 191 Å². The number of nitrogens with one attached hydrogen (secondary N) is 1. The van der Waals surface area contributed by atoms with E-state index in [4.69, 9.17) is 12.2 Å². The van der Waals surface area contributed by atoms with Gasteiger partial charge in [-0.2, -0.15) is 0 Å². The molecule has 1 amide bonds. The Morgan fingerprint density at radius 1 is 1.03 bits per heavy atom. The third kappa shape index (κ3) is 2.82. The van der Waals surface area contributed by atoms with Crippen LogP contribution in [0.25, 0.3) is 10.9 Å². The van der Waals surface area contributed by atoms with Crippen LogP contribution in [-0.4, -0.2) is 37.9 Å². The molecule has 6 heteroatoms. The monoisotopic (exact) mass is 485 g/mol. The van der Waals surface area contributed by atoms with Crippen LogP contribution in [-0.2, 0) is 11.2 Å². The zero-order valence-electron chi connectivity index (χ0n) is 17.2. The van der Waals surface area contributed by atoms with Crippen LogP contribution in [0.3, 0.4) is 0 Å². The summed E-state index contributed by atoms with van der Waals surface area (Å²) in [6.07, 6.45) is 11.7. The summed E-state index contributed by atoms with van der Waals surface area (Å²) in [5.74, 6) is 0.814. The molecule has 2 unspecified atom stereocenters. The summed E-state index contributed by atoms with van der Waals surface area (Å²) in [4.78, 5) is 21.8. The molecule has 6 rings (SSSR count). The number of carbonyl (C=O) groups excluding carboxylic acids is 1. The maximum atomic E-state index is 13.7. The molecule has 30 heavy (non-hydrogen) atoms. The molecule has 2 saturated carbocycles. The largest absolute Gasteiger partial charge is 0.356 e. The second-order valence-electron chi connectivity index (χ2n) is 9.61. The fraction of sp³-hybridized carbons (Fsp3) is 0.583. The summed E-state index contributed by atoms with van der Waals surface area (Å²) in [7, 11) is 0. The van der Waals surface area contributed by atoms with Crippen LogP contribution >= 0.6 is 28.1 Å². The Balaban J connectivity index is 1.48. The van der Waals surface area contributed by atoms with Crippen LogP contribution in [0.1, 0.15) is 75.1 Å². The molecular weight excluding hydrogens is 458 g/mol. The fourth-order valence-corrected chi connectivity index (χ4v) is 7.43. The molecule has 3 fully saturated rings. The van der Waals surface area contributed by atoms with E-state index in [1.807, 2.05) is 4.90 Å². The number of H-pyrrole nitrogens is 1. The third-order valence-electron chi connectivity index (χ3n) is 7.97. The van der Waals surface area contributed by atoms with Crippen molar-refractivity contribution in [1.82, 2.24) is 14.8 Å². The molecule has 158 valence electrons. The summed E-state index contributed by atoms with van der Waals surface area (Å²) in [6.45, 7) is 0. The average Bonchev–Trinajstić information content (AvgIpc) is 3.45. The molecule has 0 radical (unpaired) electrons. The summed E-state index contributed by atoms with van der Waals surface area (Å²) >= 11 is 9.69. The van der Waals surface area contributed by atoms with Gasteiger partial charge in [0.05, 0.1) is 6.04 Å². The lowest BCUT2D eigenvalue weighted by atomic mass is 9.78. The first kappa shape index (κ1) is 19.3. The number of aromatic nitrogens is 1. The molecule has 0 bridgehead atoms. The number of amides is 1. The first-order valence-electron chi connectivity index (χ1n) is 11.6. The van der Waals surface area contributed by atoms with Gasteiger partial charge < -0.3 is 9.88 Å². The number of hydrogen-bond acceptors (Lipinski definition) is 2.